The zero-order valence-electron chi connectivity index (χ0n) is 9.59. The van der Waals surface area contributed by atoms with Crippen LogP contribution in [0, 0.1) is 13.8 Å². The maximum atomic E-state index is 11.7. The molecule has 0 bridgehead atoms. The predicted octanol–water partition coefficient (Wildman–Crippen LogP) is 2.14. The van der Waals surface area contributed by atoms with Crippen molar-refractivity contribution >= 4 is 5.78 Å². The second-order valence-electron chi connectivity index (χ2n) is 3.49. The molecule has 1 rings (SSSR count). The fourth-order valence-electron chi connectivity index (χ4n) is 1.52. The number of methoxy groups -OCH3 is 2. The van der Waals surface area contributed by atoms with E-state index in [4.69, 9.17) is 9.47 Å². The molecule has 1 aromatic rings. The van der Waals surface area contributed by atoms with Crippen LogP contribution in [0.1, 0.15) is 21.5 Å². The van der Waals surface area contributed by atoms with Crippen LogP contribution in [0.15, 0.2) is 12.1 Å². The van der Waals surface area contributed by atoms with E-state index in [2.05, 4.69) is 0 Å². The Balaban J connectivity index is 3.10. The van der Waals surface area contributed by atoms with Gasteiger partial charge in [0.05, 0.1) is 7.11 Å². The average Bonchev–Trinajstić information content (AvgIpc) is 2.21. The first kappa shape index (κ1) is 11.7. The van der Waals surface area contributed by atoms with Crippen molar-refractivity contribution in [2.24, 2.45) is 0 Å². The fourth-order valence-corrected chi connectivity index (χ4v) is 1.52. The van der Waals surface area contributed by atoms with Gasteiger partial charge in [-0.2, -0.15) is 0 Å². The number of carbonyl (C=O) groups is 1. The smallest absolute Gasteiger partial charge is 0.188 e. The molecule has 0 aromatic heterocycles. The van der Waals surface area contributed by atoms with Gasteiger partial charge < -0.3 is 9.47 Å². The highest BCUT2D eigenvalue weighted by atomic mass is 16.5. The summed E-state index contributed by atoms with van der Waals surface area (Å²) in [5.41, 5.74) is 2.58. The van der Waals surface area contributed by atoms with Gasteiger partial charge in [-0.25, -0.2) is 0 Å². The van der Waals surface area contributed by atoms with Crippen LogP contribution in [-0.4, -0.2) is 26.6 Å². The van der Waals surface area contributed by atoms with Crippen LogP contribution in [0.25, 0.3) is 0 Å². The Bertz CT molecular complexity index is 369. The van der Waals surface area contributed by atoms with Crippen molar-refractivity contribution in [2.45, 2.75) is 13.8 Å². The Hall–Kier alpha value is -1.35. The molecule has 0 aliphatic heterocycles. The molecule has 0 saturated carbocycles. The molecule has 0 amide bonds. The lowest BCUT2D eigenvalue weighted by molar-refractivity contribution is 0.0847. The lowest BCUT2D eigenvalue weighted by atomic mass is 10.0. The molecule has 3 heteroatoms. The van der Waals surface area contributed by atoms with Gasteiger partial charge in [0, 0.05) is 12.7 Å². The zero-order valence-corrected chi connectivity index (χ0v) is 9.59. The Labute approximate surface area is 90.0 Å². The molecule has 0 radical (unpaired) electrons. The highest BCUT2D eigenvalue weighted by Crippen LogP contribution is 2.22. The van der Waals surface area contributed by atoms with Crippen molar-refractivity contribution in [3.8, 4) is 5.75 Å². The first-order chi connectivity index (χ1) is 7.10. The molecule has 0 aliphatic carbocycles. The zero-order chi connectivity index (χ0) is 11.4. The van der Waals surface area contributed by atoms with Gasteiger partial charge in [0.2, 0.25) is 0 Å². The maximum Gasteiger partial charge on any atom is 0.188 e. The third kappa shape index (κ3) is 2.57. The summed E-state index contributed by atoms with van der Waals surface area (Å²) in [6, 6.07) is 3.72. The summed E-state index contributed by atoms with van der Waals surface area (Å²) < 4.78 is 10.0. The average molecular weight is 208 g/mol. The van der Waals surface area contributed by atoms with Gasteiger partial charge in [-0.15, -0.1) is 0 Å². The molecule has 0 heterocycles. The highest BCUT2D eigenvalue weighted by Gasteiger charge is 2.11. The minimum Gasteiger partial charge on any atom is -0.496 e. The van der Waals surface area contributed by atoms with E-state index in [1.54, 1.807) is 7.11 Å². The van der Waals surface area contributed by atoms with E-state index in [9.17, 15) is 4.79 Å². The molecule has 0 N–H and O–H groups in total. The molecule has 15 heavy (non-hydrogen) atoms. The van der Waals surface area contributed by atoms with Gasteiger partial charge >= 0.3 is 0 Å². The predicted molar refractivity (Wildman–Crippen MR) is 58.7 cm³/mol. The van der Waals surface area contributed by atoms with Crippen LogP contribution >= 0.6 is 0 Å². The standard InChI is InChI=1S/C12H16O3/c1-8-6-12(15-4)9(2)5-10(8)11(13)7-14-3/h5-6H,7H2,1-4H3. The maximum absolute atomic E-state index is 11.7. The van der Waals surface area contributed by atoms with Crippen molar-refractivity contribution in [3.05, 3.63) is 28.8 Å². The Morgan fingerprint density at radius 2 is 1.87 bits per heavy atom. The number of hydrogen-bond acceptors (Lipinski definition) is 3. The van der Waals surface area contributed by atoms with Crippen molar-refractivity contribution in [1.29, 1.82) is 0 Å². The molecule has 0 spiro atoms. The Morgan fingerprint density at radius 3 is 2.40 bits per heavy atom. The first-order valence-electron chi connectivity index (χ1n) is 4.77. The third-order valence-electron chi connectivity index (χ3n) is 2.32. The SMILES string of the molecule is COCC(=O)c1cc(C)c(OC)cc1C. The topological polar surface area (TPSA) is 35.5 Å². The highest BCUT2D eigenvalue weighted by molar-refractivity contribution is 5.98. The van der Waals surface area contributed by atoms with Crippen LogP contribution in [0.3, 0.4) is 0 Å². The quantitative estimate of drug-likeness (QED) is 0.711. The van der Waals surface area contributed by atoms with Crippen molar-refractivity contribution in [3.63, 3.8) is 0 Å². The molecule has 0 atom stereocenters. The van der Waals surface area contributed by atoms with Gasteiger partial charge in [-0.3, -0.25) is 4.79 Å². The summed E-state index contributed by atoms with van der Waals surface area (Å²) in [4.78, 5) is 11.7. The number of benzene rings is 1. The van der Waals surface area contributed by atoms with Crippen molar-refractivity contribution in [2.75, 3.05) is 20.8 Å². The lowest BCUT2D eigenvalue weighted by Crippen LogP contribution is -2.09. The molecule has 0 aliphatic rings. The van der Waals surface area contributed by atoms with E-state index < -0.39 is 0 Å². The van der Waals surface area contributed by atoms with Crippen LogP contribution in [0.2, 0.25) is 0 Å². The molecule has 0 unspecified atom stereocenters. The number of ether oxygens (including phenoxy) is 2. The summed E-state index contributed by atoms with van der Waals surface area (Å²) in [7, 11) is 3.14. The van der Waals surface area contributed by atoms with Gasteiger partial charge in [0.25, 0.3) is 0 Å². The number of carbonyl (C=O) groups excluding carboxylic acids is 1. The summed E-state index contributed by atoms with van der Waals surface area (Å²) in [5, 5.41) is 0. The Morgan fingerprint density at radius 1 is 1.20 bits per heavy atom. The lowest BCUT2D eigenvalue weighted by Gasteiger charge is -2.10. The molecular weight excluding hydrogens is 192 g/mol. The van der Waals surface area contributed by atoms with E-state index in [1.807, 2.05) is 26.0 Å². The van der Waals surface area contributed by atoms with Gasteiger partial charge in [0.15, 0.2) is 5.78 Å². The Kier molecular flexibility index (Phi) is 3.86. The van der Waals surface area contributed by atoms with Crippen LogP contribution in [0.4, 0.5) is 0 Å². The normalized spacial score (nSPS) is 10.1. The second-order valence-corrected chi connectivity index (χ2v) is 3.49. The number of hydrogen-bond donors (Lipinski definition) is 0. The van der Waals surface area contributed by atoms with E-state index in [1.165, 1.54) is 7.11 Å². The summed E-state index contributed by atoms with van der Waals surface area (Å²) in [5.74, 6) is 0.808. The monoisotopic (exact) mass is 208 g/mol. The van der Waals surface area contributed by atoms with Crippen LogP contribution in [0.5, 0.6) is 5.75 Å². The number of ketones is 1. The number of Topliss-reactive ketones (excluding diaryl/α,β-unsaturated/α-hetero) is 1. The second kappa shape index (κ2) is 4.94. The van der Waals surface area contributed by atoms with E-state index >= 15 is 0 Å². The number of rotatable bonds is 4. The van der Waals surface area contributed by atoms with E-state index in [-0.39, 0.29) is 12.4 Å². The van der Waals surface area contributed by atoms with Gasteiger partial charge in [-0.1, -0.05) is 0 Å². The largest absolute Gasteiger partial charge is 0.496 e. The fraction of sp³-hybridized carbons (Fsp3) is 0.417. The van der Waals surface area contributed by atoms with Crippen molar-refractivity contribution in [1.82, 2.24) is 0 Å². The summed E-state index contributed by atoms with van der Waals surface area (Å²) >= 11 is 0. The minimum atomic E-state index is 0.000697. The first-order valence-corrected chi connectivity index (χ1v) is 4.77. The molecule has 82 valence electrons. The van der Waals surface area contributed by atoms with Crippen LogP contribution < -0.4 is 4.74 Å². The van der Waals surface area contributed by atoms with Gasteiger partial charge in [0.1, 0.15) is 12.4 Å². The number of aryl methyl sites for hydroxylation is 2. The molecule has 0 saturated heterocycles. The van der Waals surface area contributed by atoms with Gasteiger partial charge in [-0.05, 0) is 37.1 Å². The van der Waals surface area contributed by atoms with Crippen molar-refractivity contribution < 1.29 is 14.3 Å². The summed E-state index contributed by atoms with van der Waals surface area (Å²) in [6.45, 7) is 3.93. The molecule has 0 fully saturated rings. The molecular formula is C12H16O3. The molecule has 1 aromatic carbocycles. The minimum absolute atomic E-state index is 0.000697. The van der Waals surface area contributed by atoms with E-state index in [0.29, 0.717) is 5.56 Å². The third-order valence-corrected chi connectivity index (χ3v) is 2.32. The van der Waals surface area contributed by atoms with Crippen LogP contribution in [-0.2, 0) is 4.74 Å². The summed E-state index contributed by atoms with van der Waals surface area (Å²) in [6.07, 6.45) is 0. The molecule has 3 nitrogen and oxygen atoms in total. The van der Waals surface area contributed by atoms with E-state index in [0.717, 1.165) is 16.9 Å².